The Morgan fingerprint density at radius 3 is 2.42 bits per heavy atom. The monoisotopic (exact) mass is 263 g/mol. The molecule has 104 valence electrons. The molecule has 0 unspecified atom stereocenters. The fourth-order valence-corrected chi connectivity index (χ4v) is 2.31. The Hall–Kier alpha value is -1.65. The Morgan fingerprint density at radius 1 is 1.32 bits per heavy atom. The normalized spacial score (nSPS) is 19.9. The van der Waals surface area contributed by atoms with Crippen molar-refractivity contribution in [3.8, 4) is 0 Å². The van der Waals surface area contributed by atoms with Gasteiger partial charge in [-0.25, -0.2) is 4.68 Å². The quantitative estimate of drug-likeness (QED) is 0.813. The zero-order valence-corrected chi connectivity index (χ0v) is 12.2. The first kappa shape index (κ1) is 13.8. The van der Waals surface area contributed by atoms with Gasteiger partial charge in [0.05, 0.1) is 0 Å². The number of rotatable bonds is 2. The van der Waals surface area contributed by atoms with E-state index in [1.165, 1.54) is 16.8 Å². The first-order chi connectivity index (χ1) is 8.70. The number of hydrogen-bond acceptors (Lipinski definition) is 3. The fraction of sp³-hybridized carbons (Fsp3) is 0.643. The SMILES string of the molecule is CCn1nc(C(=O)N2CC(C)(C)C2(C)C)ccc1=O. The minimum absolute atomic E-state index is 0.0991. The van der Waals surface area contributed by atoms with Crippen LogP contribution in [0.4, 0.5) is 0 Å². The van der Waals surface area contributed by atoms with Gasteiger partial charge < -0.3 is 4.90 Å². The number of hydrogen-bond donors (Lipinski definition) is 0. The van der Waals surface area contributed by atoms with Gasteiger partial charge >= 0.3 is 0 Å². The molecule has 1 saturated heterocycles. The first-order valence-electron chi connectivity index (χ1n) is 6.61. The van der Waals surface area contributed by atoms with Gasteiger partial charge in [0.15, 0.2) is 0 Å². The second-order valence-corrected chi connectivity index (χ2v) is 6.21. The Bertz CT molecular complexity index is 572. The highest BCUT2D eigenvalue weighted by molar-refractivity contribution is 5.93. The van der Waals surface area contributed by atoms with Crippen molar-refractivity contribution < 1.29 is 4.79 Å². The molecule has 5 heteroatoms. The van der Waals surface area contributed by atoms with E-state index in [2.05, 4.69) is 32.8 Å². The third-order valence-electron chi connectivity index (χ3n) is 4.51. The van der Waals surface area contributed by atoms with E-state index in [-0.39, 0.29) is 22.4 Å². The molecule has 0 saturated carbocycles. The molecule has 1 aliphatic heterocycles. The van der Waals surface area contributed by atoms with Crippen molar-refractivity contribution in [1.29, 1.82) is 0 Å². The highest BCUT2D eigenvalue weighted by Crippen LogP contribution is 2.46. The van der Waals surface area contributed by atoms with Crippen molar-refractivity contribution >= 4 is 5.91 Å². The summed E-state index contributed by atoms with van der Waals surface area (Å²) in [5, 5.41) is 4.12. The van der Waals surface area contributed by atoms with E-state index >= 15 is 0 Å². The molecule has 0 radical (unpaired) electrons. The minimum atomic E-state index is -0.195. The lowest BCUT2D eigenvalue weighted by molar-refractivity contribution is -0.0885. The maximum Gasteiger partial charge on any atom is 0.274 e. The standard InChI is InChI=1S/C14H21N3O2/c1-6-17-11(18)8-7-10(15-17)12(19)16-9-13(2,3)14(16,4)5/h7-8H,6,9H2,1-5H3. The summed E-state index contributed by atoms with van der Waals surface area (Å²) < 4.78 is 1.31. The van der Waals surface area contributed by atoms with E-state index in [1.807, 2.05) is 11.8 Å². The number of amides is 1. The highest BCUT2D eigenvalue weighted by atomic mass is 16.2. The van der Waals surface area contributed by atoms with Gasteiger partial charge in [0.1, 0.15) is 5.69 Å². The first-order valence-corrected chi connectivity index (χ1v) is 6.61. The zero-order valence-electron chi connectivity index (χ0n) is 12.2. The van der Waals surface area contributed by atoms with E-state index in [0.29, 0.717) is 18.8 Å². The van der Waals surface area contributed by atoms with Crippen LogP contribution in [0.25, 0.3) is 0 Å². The van der Waals surface area contributed by atoms with Gasteiger partial charge in [-0.05, 0) is 26.8 Å². The van der Waals surface area contributed by atoms with E-state index in [4.69, 9.17) is 0 Å². The molecule has 19 heavy (non-hydrogen) atoms. The minimum Gasteiger partial charge on any atom is -0.331 e. The van der Waals surface area contributed by atoms with Crippen molar-refractivity contribution in [3.05, 3.63) is 28.2 Å². The van der Waals surface area contributed by atoms with E-state index < -0.39 is 0 Å². The second-order valence-electron chi connectivity index (χ2n) is 6.21. The molecule has 5 nitrogen and oxygen atoms in total. The average Bonchev–Trinajstić information content (AvgIpc) is 2.35. The average molecular weight is 263 g/mol. The van der Waals surface area contributed by atoms with Crippen LogP contribution < -0.4 is 5.56 Å². The highest BCUT2D eigenvalue weighted by Gasteiger charge is 2.54. The summed E-state index contributed by atoms with van der Waals surface area (Å²) in [6.45, 7) is 11.4. The molecule has 0 aromatic carbocycles. The smallest absolute Gasteiger partial charge is 0.274 e. The molecule has 0 atom stereocenters. The summed E-state index contributed by atoms with van der Waals surface area (Å²) in [4.78, 5) is 25.8. The van der Waals surface area contributed by atoms with Gasteiger partial charge in [-0.3, -0.25) is 9.59 Å². The summed E-state index contributed by atoms with van der Waals surface area (Å²) in [6.07, 6.45) is 0. The van der Waals surface area contributed by atoms with Gasteiger partial charge in [-0.2, -0.15) is 5.10 Å². The lowest BCUT2D eigenvalue weighted by Crippen LogP contribution is -2.70. The van der Waals surface area contributed by atoms with Gasteiger partial charge in [-0.1, -0.05) is 13.8 Å². The topological polar surface area (TPSA) is 55.2 Å². The molecule has 2 rings (SSSR count). The van der Waals surface area contributed by atoms with Gasteiger partial charge in [0.2, 0.25) is 0 Å². The Morgan fingerprint density at radius 2 is 1.95 bits per heavy atom. The molecule has 1 amide bonds. The molecule has 0 bridgehead atoms. The lowest BCUT2D eigenvalue weighted by Gasteiger charge is -2.61. The maximum absolute atomic E-state index is 12.5. The molecular weight excluding hydrogens is 242 g/mol. The van der Waals surface area contributed by atoms with E-state index in [0.717, 1.165) is 0 Å². The third kappa shape index (κ3) is 1.97. The predicted octanol–water partition coefficient (Wildman–Crippen LogP) is 1.52. The van der Waals surface area contributed by atoms with Gasteiger partial charge in [0.25, 0.3) is 11.5 Å². The van der Waals surface area contributed by atoms with Crippen LogP contribution in [-0.4, -0.2) is 32.7 Å². The maximum atomic E-state index is 12.5. The third-order valence-corrected chi connectivity index (χ3v) is 4.51. The Kier molecular flexibility index (Phi) is 3.03. The molecule has 0 aliphatic carbocycles. The van der Waals surface area contributed by atoms with Crippen molar-refractivity contribution in [2.24, 2.45) is 5.41 Å². The summed E-state index contributed by atoms with van der Waals surface area (Å²) in [7, 11) is 0. The molecule has 1 aliphatic rings. The Labute approximate surface area is 113 Å². The fourth-order valence-electron chi connectivity index (χ4n) is 2.31. The number of aromatic nitrogens is 2. The largest absolute Gasteiger partial charge is 0.331 e. The molecule has 1 aromatic heterocycles. The number of aryl methyl sites for hydroxylation is 1. The lowest BCUT2D eigenvalue weighted by atomic mass is 9.65. The molecular formula is C14H21N3O2. The predicted molar refractivity (Wildman–Crippen MR) is 73.1 cm³/mol. The van der Waals surface area contributed by atoms with Crippen LogP contribution in [0, 0.1) is 5.41 Å². The van der Waals surface area contributed by atoms with E-state index in [9.17, 15) is 9.59 Å². The number of carbonyl (C=O) groups excluding carboxylic acids is 1. The second kappa shape index (κ2) is 4.18. The van der Waals surface area contributed by atoms with Crippen LogP contribution in [0.3, 0.4) is 0 Å². The summed E-state index contributed by atoms with van der Waals surface area (Å²) >= 11 is 0. The number of likely N-dealkylation sites (tertiary alicyclic amines) is 1. The summed E-state index contributed by atoms with van der Waals surface area (Å²) in [6, 6.07) is 2.92. The van der Waals surface area contributed by atoms with Crippen molar-refractivity contribution in [1.82, 2.24) is 14.7 Å². The number of carbonyl (C=O) groups is 1. The molecule has 1 aromatic rings. The van der Waals surface area contributed by atoms with Gasteiger partial charge in [-0.15, -0.1) is 0 Å². The molecule has 0 N–H and O–H groups in total. The molecule has 1 fully saturated rings. The zero-order chi connectivity index (χ0) is 14.4. The summed E-state index contributed by atoms with van der Waals surface area (Å²) in [5.41, 5.74) is 0.0631. The van der Waals surface area contributed by atoms with Crippen molar-refractivity contribution in [2.75, 3.05) is 6.54 Å². The van der Waals surface area contributed by atoms with E-state index in [1.54, 1.807) is 0 Å². The number of nitrogens with zero attached hydrogens (tertiary/aromatic N) is 3. The van der Waals surface area contributed by atoms with Crippen molar-refractivity contribution in [3.63, 3.8) is 0 Å². The summed E-state index contributed by atoms with van der Waals surface area (Å²) in [5.74, 6) is -0.105. The van der Waals surface area contributed by atoms with Crippen LogP contribution in [0.15, 0.2) is 16.9 Å². The van der Waals surface area contributed by atoms with Crippen LogP contribution in [0.5, 0.6) is 0 Å². The van der Waals surface area contributed by atoms with Crippen LogP contribution in [0.1, 0.15) is 45.1 Å². The molecule has 0 spiro atoms. The van der Waals surface area contributed by atoms with Crippen LogP contribution in [0.2, 0.25) is 0 Å². The van der Waals surface area contributed by atoms with Crippen LogP contribution in [-0.2, 0) is 6.54 Å². The Balaban J connectivity index is 2.30. The molecule has 2 heterocycles. The van der Waals surface area contributed by atoms with Crippen LogP contribution >= 0.6 is 0 Å². The van der Waals surface area contributed by atoms with Gasteiger partial charge in [0, 0.05) is 30.1 Å². The van der Waals surface area contributed by atoms with Crippen molar-refractivity contribution in [2.45, 2.75) is 46.7 Å².